The normalized spacial score (nSPS) is 15.2. The molecule has 2 amide bonds. The number of nitrogens with one attached hydrogen (secondary N) is 2. The van der Waals surface area contributed by atoms with Crippen molar-refractivity contribution in [2.24, 2.45) is 0 Å². The summed E-state index contributed by atoms with van der Waals surface area (Å²) in [5.41, 5.74) is 0.352. The van der Waals surface area contributed by atoms with Crippen LogP contribution in [0, 0.1) is 0 Å². The zero-order valence-corrected chi connectivity index (χ0v) is 9.93. The van der Waals surface area contributed by atoms with E-state index in [1.54, 1.807) is 4.90 Å². The molecule has 0 bridgehead atoms. The molecule has 96 valence electrons. The summed E-state index contributed by atoms with van der Waals surface area (Å²) in [5.74, 6) is -0.402. The van der Waals surface area contributed by atoms with Crippen LogP contribution in [0.25, 0.3) is 0 Å². The first-order chi connectivity index (χ1) is 8.77. The van der Waals surface area contributed by atoms with Gasteiger partial charge in [0, 0.05) is 38.6 Å². The SMILES string of the molecule is O=C(NCC(=O)N1CCNCC1)c1cncnc1. The van der Waals surface area contributed by atoms with Crippen LogP contribution in [0.15, 0.2) is 18.7 Å². The van der Waals surface area contributed by atoms with Crippen LogP contribution < -0.4 is 10.6 Å². The molecule has 1 saturated heterocycles. The third kappa shape index (κ3) is 3.24. The summed E-state index contributed by atoms with van der Waals surface area (Å²) >= 11 is 0. The van der Waals surface area contributed by atoms with E-state index < -0.39 is 0 Å². The number of hydrogen-bond donors (Lipinski definition) is 2. The van der Waals surface area contributed by atoms with E-state index in [4.69, 9.17) is 0 Å². The molecule has 7 nitrogen and oxygen atoms in total. The van der Waals surface area contributed by atoms with Gasteiger partial charge in [-0.2, -0.15) is 0 Å². The average Bonchev–Trinajstić information content (AvgIpc) is 2.46. The van der Waals surface area contributed by atoms with Crippen molar-refractivity contribution >= 4 is 11.8 Å². The van der Waals surface area contributed by atoms with Crippen molar-refractivity contribution in [2.75, 3.05) is 32.7 Å². The highest BCUT2D eigenvalue weighted by atomic mass is 16.2. The molecule has 0 atom stereocenters. The highest BCUT2D eigenvalue weighted by Crippen LogP contribution is 1.95. The van der Waals surface area contributed by atoms with Gasteiger partial charge in [-0.25, -0.2) is 9.97 Å². The van der Waals surface area contributed by atoms with E-state index in [2.05, 4.69) is 20.6 Å². The molecule has 0 saturated carbocycles. The summed E-state index contributed by atoms with van der Waals surface area (Å²) < 4.78 is 0. The summed E-state index contributed by atoms with van der Waals surface area (Å²) in [4.78, 5) is 32.7. The zero-order chi connectivity index (χ0) is 12.8. The topological polar surface area (TPSA) is 87.2 Å². The Morgan fingerprint density at radius 1 is 1.28 bits per heavy atom. The van der Waals surface area contributed by atoms with Crippen molar-refractivity contribution in [3.8, 4) is 0 Å². The molecule has 0 aromatic carbocycles. The van der Waals surface area contributed by atoms with Gasteiger partial charge in [-0.3, -0.25) is 9.59 Å². The minimum Gasteiger partial charge on any atom is -0.343 e. The maximum Gasteiger partial charge on any atom is 0.254 e. The second-order valence-corrected chi connectivity index (χ2v) is 3.94. The van der Waals surface area contributed by atoms with Crippen LogP contribution in [-0.4, -0.2) is 59.4 Å². The lowest BCUT2D eigenvalue weighted by Gasteiger charge is -2.27. The Bertz CT molecular complexity index is 417. The number of hydrogen-bond acceptors (Lipinski definition) is 5. The number of rotatable bonds is 3. The average molecular weight is 249 g/mol. The first-order valence-corrected chi connectivity index (χ1v) is 5.79. The summed E-state index contributed by atoms with van der Waals surface area (Å²) in [6, 6.07) is 0. The van der Waals surface area contributed by atoms with Crippen LogP contribution in [-0.2, 0) is 4.79 Å². The second-order valence-electron chi connectivity index (χ2n) is 3.94. The largest absolute Gasteiger partial charge is 0.343 e. The predicted molar refractivity (Wildman–Crippen MR) is 63.8 cm³/mol. The van der Waals surface area contributed by atoms with Crippen LogP contribution in [0.5, 0.6) is 0 Å². The molecule has 0 radical (unpaired) electrons. The Morgan fingerprint density at radius 2 is 1.94 bits per heavy atom. The Balaban J connectivity index is 1.80. The number of piperazine rings is 1. The first kappa shape index (κ1) is 12.4. The Morgan fingerprint density at radius 3 is 2.61 bits per heavy atom. The number of carbonyl (C=O) groups is 2. The second kappa shape index (κ2) is 6.06. The molecule has 2 N–H and O–H groups in total. The molecule has 7 heteroatoms. The van der Waals surface area contributed by atoms with Crippen molar-refractivity contribution in [3.05, 3.63) is 24.3 Å². The van der Waals surface area contributed by atoms with Gasteiger partial charge >= 0.3 is 0 Å². The van der Waals surface area contributed by atoms with Gasteiger partial charge in [0.15, 0.2) is 0 Å². The van der Waals surface area contributed by atoms with E-state index in [0.29, 0.717) is 18.7 Å². The number of amides is 2. The van der Waals surface area contributed by atoms with Crippen molar-refractivity contribution in [1.82, 2.24) is 25.5 Å². The standard InChI is InChI=1S/C11H15N5O2/c17-10(16-3-1-12-2-4-16)7-15-11(18)9-5-13-8-14-6-9/h5-6,8,12H,1-4,7H2,(H,15,18). The first-order valence-electron chi connectivity index (χ1n) is 5.79. The molecular formula is C11H15N5O2. The molecule has 1 aromatic rings. The van der Waals surface area contributed by atoms with E-state index in [1.807, 2.05) is 0 Å². The van der Waals surface area contributed by atoms with Gasteiger partial charge in [-0.1, -0.05) is 0 Å². The monoisotopic (exact) mass is 249 g/mol. The van der Waals surface area contributed by atoms with Gasteiger partial charge in [-0.05, 0) is 0 Å². The highest BCUT2D eigenvalue weighted by molar-refractivity contribution is 5.95. The smallest absolute Gasteiger partial charge is 0.254 e. The fourth-order valence-corrected chi connectivity index (χ4v) is 1.70. The highest BCUT2D eigenvalue weighted by Gasteiger charge is 2.16. The summed E-state index contributed by atoms with van der Waals surface area (Å²) in [6.07, 6.45) is 4.18. The van der Waals surface area contributed by atoms with Crippen molar-refractivity contribution in [3.63, 3.8) is 0 Å². The molecule has 2 rings (SSSR count). The van der Waals surface area contributed by atoms with Crippen LogP contribution in [0.3, 0.4) is 0 Å². The third-order valence-corrected chi connectivity index (χ3v) is 2.69. The summed E-state index contributed by atoms with van der Waals surface area (Å²) in [5, 5.41) is 5.73. The zero-order valence-electron chi connectivity index (χ0n) is 9.93. The molecule has 1 aromatic heterocycles. The van der Waals surface area contributed by atoms with E-state index in [0.717, 1.165) is 13.1 Å². The van der Waals surface area contributed by atoms with Crippen LogP contribution in [0.2, 0.25) is 0 Å². The van der Waals surface area contributed by atoms with Gasteiger partial charge in [0.1, 0.15) is 6.33 Å². The van der Waals surface area contributed by atoms with Crippen LogP contribution in [0.1, 0.15) is 10.4 Å². The van der Waals surface area contributed by atoms with Gasteiger partial charge in [-0.15, -0.1) is 0 Å². The quantitative estimate of drug-likeness (QED) is 0.690. The minimum atomic E-state index is -0.334. The fraction of sp³-hybridized carbons (Fsp3) is 0.455. The van der Waals surface area contributed by atoms with Gasteiger partial charge in [0.05, 0.1) is 12.1 Å². The van der Waals surface area contributed by atoms with E-state index in [-0.39, 0.29) is 18.4 Å². The van der Waals surface area contributed by atoms with Gasteiger partial charge in [0.2, 0.25) is 5.91 Å². The molecule has 2 heterocycles. The number of carbonyl (C=O) groups excluding carboxylic acids is 2. The van der Waals surface area contributed by atoms with Crippen LogP contribution >= 0.6 is 0 Å². The summed E-state index contributed by atoms with van der Waals surface area (Å²) in [7, 11) is 0. The van der Waals surface area contributed by atoms with E-state index in [1.165, 1.54) is 18.7 Å². The minimum absolute atomic E-state index is 0.00767. The Hall–Kier alpha value is -2.02. The Kier molecular flexibility index (Phi) is 4.19. The number of aromatic nitrogens is 2. The summed E-state index contributed by atoms with van der Waals surface area (Å²) in [6.45, 7) is 2.97. The van der Waals surface area contributed by atoms with Gasteiger partial charge < -0.3 is 15.5 Å². The third-order valence-electron chi connectivity index (χ3n) is 2.69. The van der Waals surface area contributed by atoms with Crippen molar-refractivity contribution in [1.29, 1.82) is 0 Å². The van der Waals surface area contributed by atoms with E-state index in [9.17, 15) is 9.59 Å². The lowest BCUT2D eigenvalue weighted by Crippen LogP contribution is -2.49. The molecule has 18 heavy (non-hydrogen) atoms. The number of nitrogens with zero attached hydrogens (tertiary/aromatic N) is 3. The maximum atomic E-state index is 11.8. The lowest BCUT2D eigenvalue weighted by molar-refractivity contribution is -0.130. The molecule has 0 unspecified atom stereocenters. The molecule has 0 spiro atoms. The fourth-order valence-electron chi connectivity index (χ4n) is 1.70. The van der Waals surface area contributed by atoms with Crippen molar-refractivity contribution in [2.45, 2.75) is 0 Å². The van der Waals surface area contributed by atoms with E-state index >= 15 is 0 Å². The molecule has 1 aliphatic rings. The van der Waals surface area contributed by atoms with Gasteiger partial charge in [0.25, 0.3) is 5.91 Å². The van der Waals surface area contributed by atoms with Crippen molar-refractivity contribution < 1.29 is 9.59 Å². The lowest BCUT2D eigenvalue weighted by atomic mass is 10.3. The Labute approximate surface area is 105 Å². The maximum absolute atomic E-state index is 11.8. The molecule has 1 fully saturated rings. The molecule has 0 aliphatic carbocycles. The molecular weight excluding hydrogens is 234 g/mol. The van der Waals surface area contributed by atoms with Crippen LogP contribution in [0.4, 0.5) is 0 Å². The predicted octanol–water partition coefficient (Wildman–Crippen LogP) is -1.36. The molecule has 1 aliphatic heterocycles.